The zero-order valence-corrected chi connectivity index (χ0v) is 18.1. The first kappa shape index (κ1) is 19.9. The quantitative estimate of drug-likeness (QED) is 0.738. The van der Waals surface area contributed by atoms with E-state index in [-0.39, 0.29) is 28.3 Å². The van der Waals surface area contributed by atoms with Crippen LogP contribution in [0.3, 0.4) is 0 Å². The van der Waals surface area contributed by atoms with Crippen molar-refractivity contribution in [3.63, 3.8) is 0 Å². The fourth-order valence-electron chi connectivity index (χ4n) is 8.41. The van der Waals surface area contributed by atoms with E-state index in [9.17, 15) is 9.90 Å². The Morgan fingerprint density at radius 1 is 1.04 bits per heavy atom. The molecular weight excluding hydrogens is 336 g/mol. The van der Waals surface area contributed by atoms with Gasteiger partial charge < -0.3 is 9.84 Å². The van der Waals surface area contributed by atoms with E-state index < -0.39 is 6.10 Å². The van der Waals surface area contributed by atoms with E-state index in [4.69, 9.17) is 4.74 Å². The number of carbonyl (C=O) groups excluding carboxylic acids is 1. The van der Waals surface area contributed by atoms with Crippen LogP contribution in [0.1, 0.15) is 85.5 Å². The summed E-state index contributed by atoms with van der Waals surface area (Å²) in [7, 11) is 1.83. The van der Waals surface area contributed by atoms with Crippen LogP contribution >= 0.6 is 0 Å². The number of ketones is 1. The first-order valence-electron chi connectivity index (χ1n) is 11.5. The van der Waals surface area contributed by atoms with Gasteiger partial charge in [0.25, 0.3) is 0 Å². The summed E-state index contributed by atoms with van der Waals surface area (Å²) in [4.78, 5) is 14.0. The van der Waals surface area contributed by atoms with Crippen LogP contribution in [0.5, 0.6) is 0 Å². The molecule has 154 valence electrons. The van der Waals surface area contributed by atoms with E-state index in [2.05, 4.69) is 27.7 Å². The number of rotatable bonds is 2. The molecule has 4 aliphatic carbocycles. The smallest absolute Gasteiger partial charge is 0.142 e. The predicted octanol–water partition coefficient (Wildman–Crippen LogP) is 5.00. The second-order valence-electron chi connectivity index (χ2n) is 11.0. The summed E-state index contributed by atoms with van der Waals surface area (Å²) in [5, 5.41) is 11.7. The van der Waals surface area contributed by atoms with Crippen LogP contribution in [0, 0.1) is 39.9 Å². The maximum absolute atomic E-state index is 14.0. The van der Waals surface area contributed by atoms with Gasteiger partial charge in [-0.1, -0.05) is 40.5 Å². The Labute approximate surface area is 165 Å². The lowest BCUT2D eigenvalue weighted by Gasteiger charge is -2.62. The number of hydrogen-bond acceptors (Lipinski definition) is 3. The third-order valence-electron chi connectivity index (χ3n) is 10.4. The van der Waals surface area contributed by atoms with Crippen molar-refractivity contribution in [1.82, 2.24) is 0 Å². The number of ether oxygens (including phenoxy) is 1. The second kappa shape index (κ2) is 6.55. The van der Waals surface area contributed by atoms with Crippen LogP contribution in [-0.4, -0.2) is 30.2 Å². The Morgan fingerprint density at radius 3 is 2.30 bits per heavy atom. The van der Waals surface area contributed by atoms with Gasteiger partial charge in [0.1, 0.15) is 5.78 Å². The Bertz CT molecular complexity index is 596. The van der Waals surface area contributed by atoms with Crippen molar-refractivity contribution in [2.75, 3.05) is 7.11 Å². The minimum Gasteiger partial charge on any atom is -0.393 e. The average Bonchev–Trinajstić information content (AvgIpc) is 3.31. The first-order valence-corrected chi connectivity index (χ1v) is 11.5. The average molecular weight is 377 g/mol. The SMILES string of the molecule is CO[C@@H]1CCC23CC[C@@H](C)[C@](C)(C12)[C@H](O)C[C@@](C)(C1CCCC1)C(=O)[C@@H]3C. The Morgan fingerprint density at radius 2 is 1.67 bits per heavy atom. The highest BCUT2D eigenvalue weighted by atomic mass is 16.5. The van der Waals surface area contributed by atoms with Crippen LogP contribution < -0.4 is 0 Å². The zero-order chi connectivity index (χ0) is 19.6. The summed E-state index contributed by atoms with van der Waals surface area (Å²) >= 11 is 0. The van der Waals surface area contributed by atoms with Gasteiger partial charge in [-0.05, 0) is 68.1 Å². The van der Waals surface area contributed by atoms with Gasteiger partial charge in [-0.3, -0.25) is 4.79 Å². The highest BCUT2D eigenvalue weighted by Gasteiger charge is 2.68. The molecule has 0 saturated heterocycles. The molecule has 0 spiro atoms. The number of hydrogen-bond donors (Lipinski definition) is 1. The zero-order valence-electron chi connectivity index (χ0n) is 18.1. The Hall–Kier alpha value is -0.410. The molecule has 3 heteroatoms. The molecule has 0 aromatic rings. The fourth-order valence-corrected chi connectivity index (χ4v) is 8.41. The van der Waals surface area contributed by atoms with Gasteiger partial charge in [0.15, 0.2) is 0 Å². The van der Waals surface area contributed by atoms with Crippen molar-refractivity contribution in [3.05, 3.63) is 0 Å². The van der Waals surface area contributed by atoms with E-state index in [0.29, 0.717) is 30.0 Å². The molecule has 4 saturated carbocycles. The lowest BCUT2D eigenvalue weighted by atomic mass is 9.43. The molecular formula is C24H40O3. The molecule has 0 heterocycles. The maximum atomic E-state index is 14.0. The van der Waals surface area contributed by atoms with Crippen molar-refractivity contribution < 1.29 is 14.6 Å². The molecule has 4 fully saturated rings. The molecule has 0 radical (unpaired) electrons. The van der Waals surface area contributed by atoms with Gasteiger partial charge in [-0.25, -0.2) is 0 Å². The summed E-state index contributed by atoms with van der Waals surface area (Å²) in [6.07, 6.45) is 9.56. The van der Waals surface area contributed by atoms with Crippen LogP contribution in [0.15, 0.2) is 0 Å². The number of methoxy groups -OCH3 is 1. The molecule has 8 atom stereocenters. The summed E-state index contributed by atoms with van der Waals surface area (Å²) < 4.78 is 5.98. The summed E-state index contributed by atoms with van der Waals surface area (Å²) in [5.41, 5.74) is -0.513. The van der Waals surface area contributed by atoms with E-state index in [0.717, 1.165) is 38.5 Å². The number of aliphatic hydroxyl groups is 1. The number of carbonyl (C=O) groups is 1. The molecule has 1 N–H and O–H groups in total. The molecule has 0 aromatic heterocycles. The highest BCUT2D eigenvalue weighted by Crippen LogP contribution is 2.69. The van der Waals surface area contributed by atoms with Crippen LogP contribution in [0.2, 0.25) is 0 Å². The van der Waals surface area contributed by atoms with E-state index in [1.54, 1.807) is 0 Å². The highest BCUT2D eigenvalue weighted by molar-refractivity contribution is 5.88. The van der Waals surface area contributed by atoms with Crippen LogP contribution in [0.25, 0.3) is 0 Å². The Balaban J connectivity index is 1.85. The third-order valence-corrected chi connectivity index (χ3v) is 10.4. The molecule has 2 bridgehead atoms. The van der Waals surface area contributed by atoms with Gasteiger partial charge in [0, 0.05) is 23.9 Å². The van der Waals surface area contributed by atoms with Gasteiger partial charge >= 0.3 is 0 Å². The van der Waals surface area contributed by atoms with Gasteiger partial charge in [0.05, 0.1) is 12.2 Å². The predicted molar refractivity (Wildman–Crippen MR) is 107 cm³/mol. The lowest BCUT2D eigenvalue weighted by Crippen LogP contribution is -2.63. The minimum atomic E-state index is -0.421. The summed E-state index contributed by atoms with van der Waals surface area (Å²) in [5.74, 6) is 1.74. The number of aliphatic hydroxyl groups excluding tert-OH is 1. The topological polar surface area (TPSA) is 46.5 Å². The molecule has 27 heavy (non-hydrogen) atoms. The Kier molecular flexibility index (Phi) is 4.83. The van der Waals surface area contributed by atoms with Crippen molar-refractivity contribution in [2.45, 2.75) is 97.7 Å². The van der Waals surface area contributed by atoms with Crippen molar-refractivity contribution >= 4 is 5.78 Å². The molecule has 0 aliphatic heterocycles. The fraction of sp³-hybridized carbons (Fsp3) is 0.958. The van der Waals surface area contributed by atoms with Crippen LogP contribution in [0.4, 0.5) is 0 Å². The maximum Gasteiger partial charge on any atom is 0.142 e. The van der Waals surface area contributed by atoms with Gasteiger partial charge in [-0.2, -0.15) is 0 Å². The standard InChI is InChI=1S/C24H40O3/c1-15-10-12-24-13-11-18(27-5)20(24)23(15,4)19(25)14-22(3,21(26)16(24)2)17-8-6-7-9-17/h15-20,25H,6-14H2,1-5H3/t15-,16+,18-,19-,20?,22+,23+,24?/m1/s1. The first-order chi connectivity index (χ1) is 12.7. The van der Waals surface area contributed by atoms with Crippen molar-refractivity contribution in [1.29, 1.82) is 0 Å². The number of Topliss-reactive ketones (excluding diaryl/α,β-unsaturated/α-hetero) is 1. The van der Waals surface area contributed by atoms with E-state index >= 15 is 0 Å². The van der Waals surface area contributed by atoms with Crippen molar-refractivity contribution in [2.24, 2.45) is 39.9 Å². The largest absolute Gasteiger partial charge is 0.393 e. The molecule has 4 rings (SSSR count). The van der Waals surface area contributed by atoms with Crippen molar-refractivity contribution in [3.8, 4) is 0 Å². The van der Waals surface area contributed by atoms with Gasteiger partial charge in [0.2, 0.25) is 0 Å². The summed E-state index contributed by atoms with van der Waals surface area (Å²) in [6, 6.07) is 0. The molecule has 3 nitrogen and oxygen atoms in total. The molecule has 0 amide bonds. The normalized spacial score (nSPS) is 53.9. The lowest BCUT2D eigenvalue weighted by molar-refractivity contribution is -0.195. The van der Waals surface area contributed by atoms with E-state index in [1.807, 2.05) is 7.11 Å². The molecule has 2 unspecified atom stereocenters. The van der Waals surface area contributed by atoms with E-state index in [1.165, 1.54) is 12.8 Å². The minimum absolute atomic E-state index is 0.0142. The van der Waals surface area contributed by atoms with Gasteiger partial charge in [-0.15, -0.1) is 0 Å². The molecule has 4 aliphatic rings. The molecule has 0 aromatic carbocycles. The second-order valence-corrected chi connectivity index (χ2v) is 11.0. The summed E-state index contributed by atoms with van der Waals surface area (Å²) in [6.45, 7) is 9.10. The van der Waals surface area contributed by atoms with Crippen LogP contribution in [-0.2, 0) is 9.53 Å². The third kappa shape index (κ3) is 2.49. The monoisotopic (exact) mass is 376 g/mol.